The Morgan fingerprint density at radius 1 is 1.32 bits per heavy atom. The van der Waals surface area contributed by atoms with E-state index in [1.807, 2.05) is 25.6 Å². The summed E-state index contributed by atoms with van der Waals surface area (Å²) in [5.41, 5.74) is 1.22. The average Bonchev–Trinajstić information content (AvgIpc) is 2.81. The number of rotatable bonds is 5. The topological polar surface area (TPSA) is 38.1 Å². The van der Waals surface area contributed by atoms with E-state index >= 15 is 0 Å². The molecule has 1 heterocycles. The molecule has 0 saturated heterocycles. The first kappa shape index (κ1) is 16.6. The molecule has 2 aromatic rings. The lowest BCUT2D eigenvalue weighted by molar-refractivity contribution is 0.104. The minimum Gasteiger partial charge on any atom is -0.383 e. The van der Waals surface area contributed by atoms with Gasteiger partial charge < -0.3 is 9.47 Å². The maximum atomic E-state index is 12.1. The van der Waals surface area contributed by atoms with E-state index in [2.05, 4.69) is 4.98 Å². The van der Waals surface area contributed by atoms with Crippen LogP contribution in [0.2, 0.25) is 10.0 Å². The molecule has 0 aliphatic carbocycles. The number of ketones is 1. The van der Waals surface area contributed by atoms with Gasteiger partial charge in [-0.25, -0.2) is 4.98 Å². The highest BCUT2D eigenvalue weighted by atomic mass is 35.5. The first-order chi connectivity index (χ1) is 10.4. The molecule has 0 unspecified atom stereocenters. The predicted molar refractivity (Wildman–Crippen MR) is 89.7 cm³/mol. The SMILES string of the molecule is Cc1nc(C(=O)C=CN(C)C)cn1Cc1c(Cl)cccc1Cl. The van der Waals surface area contributed by atoms with Crippen molar-refractivity contribution in [3.05, 3.63) is 63.8 Å². The lowest BCUT2D eigenvalue weighted by Crippen LogP contribution is -2.03. The molecule has 0 radical (unpaired) electrons. The molecule has 0 amide bonds. The summed E-state index contributed by atoms with van der Waals surface area (Å²) in [6.45, 7) is 2.32. The second-order valence-corrected chi connectivity index (χ2v) is 5.96. The molecule has 0 atom stereocenters. The smallest absolute Gasteiger partial charge is 0.207 e. The van der Waals surface area contributed by atoms with Gasteiger partial charge >= 0.3 is 0 Å². The third kappa shape index (κ3) is 3.90. The zero-order valence-electron chi connectivity index (χ0n) is 12.7. The molecule has 0 aliphatic rings. The molecule has 6 heteroatoms. The van der Waals surface area contributed by atoms with Crippen molar-refractivity contribution in [2.45, 2.75) is 13.5 Å². The van der Waals surface area contributed by atoms with E-state index in [1.54, 1.807) is 35.5 Å². The van der Waals surface area contributed by atoms with Crippen LogP contribution in [-0.4, -0.2) is 34.3 Å². The van der Waals surface area contributed by atoms with Crippen LogP contribution in [-0.2, 0) is 6.54 Å². The Kier molecular flexibility index (Phi) is 5.27. The van der Waals surface area contributed by atoms with Crippen LogP contribution in [0.1, 0.15) is 21.9 Å². The number of halogens is 2. The second kappa shape index (κ2) is 6.99. The number of nitrogens with zero attached hydrogens (tertiary/aromatic N) is 3. The van der Waals surface area contributed by atoms with E-state index in [-0.39, 0.29) is 5.78 Å². The number of hydrogen-bond donors (Lipinski definition) is 0. The lowest BCUT2D eigenvalue weighted by atomic mass is 10.2. The van der Waals surface area contributed by atoms with E-state index in [1.165, 1.54) is 6.08 Å². The van der Waals surface area contributed by atoms with Crippen molar-refractivity contribution in [1.29, 1.82) is 0 Å². The van der Waals surface area contributed by atoms with Gasteiger partial charge in [0.2, 0.25) is 5.78 Å². The fraction of sp³-hybridized carbons (Fsp3) is 0.250. The molecule has 1 aromatic carbocycles. The van der Waals surface area contributed by atoms with Gasteiger partial charge in [0.1, 0.15) is 11.5 Å². The normalized spacial score (nSPS) is 11.1. The summed E-state index contributed by atoms with van der Waals surface area (Å²) >= 11 is 12.4. The highest BCUT2D eigenvalue weighted by Crippen LogP contribution is 2.25. The number of imidazole rings is 1. The van der Waals surface area contributed by atoms with Crippen molar-refractivity contribution in [1.82, 2.24) is 14.5 Å². The highest BCUT2D eigenvalue weighted by molar-refractivity contribution is 6.35. The van der Waals surface area contributed by atoms with Crippen LogP contribution in [0.25, 0.3) is 0 Å². The van der Waals surface area contributed by atoms with E-state index < -0.39 is 0 Å². The molecule has 0 saturated carbocycles. The van der Waals surface area contributed by atoms with Crippen LogP contribution >= 0.6 is 23.2 Å². The predicted octanol–water partition coefficient (Wildman–Crippen LogP) is 3.80. The van der Waals surface area contributed by atoms with E-state index in [9.17, 15) is 4.79 Å². The van der Waals surface area contributed by atoms with Gasteiger partial charge in [-0.15, -0.1) is 0 Å². The molecule has 116 valence electrons. The number of carbonyl (C=O) groups excluding carboxylic acids is 1. The van der Waals surface area contributed by atoms with E-state index in [4.69, 9.17) is 23.2 Å². The summed E-state index contributed by atoms with van der Waals surface area (Å²) in [5.74, 6) is 0.596. The average molecular weight is 338 g/mol. The van der Waals surface area contributed by atoms with Crippen molar-refractivity contribution in [2.75, 3.05) is 14.1 Å². The summed E-state index contributed by atoms with van der Waals surface area (Å²) in [7, 11) is 3.71. The molecule has 1 aromatic heterocycles. The summed E-state index contributed by atoms with van der Waals surface area (Å²) in [5, 5.41) is 1.20. The number of aryl methyl sites for hydroxylation is 1. The number of aromatic nitrogens is 2. The summed E-state index contributed by atoms with van der Waals surface area (Å²) < 4.78 is 1.86. The first-order valence-corrected chi connectivity index (χ1v) is 7.49. The van der Waals surface area contributed by atoms with Crippen LogP contribution in [0, 0.1) is 6.92 Å². The zero-order chi connectivity index (χ0) is 16.3. The Labute approximate surface area is 140 Å². The second-order valence-electron chi connectivity index (χ2n) is 5.15. The largest absolute Gasteiger partial charge is 0.383 e. The van der Waals surface area contributed by atoms with Gasteiger partial charge in [-0.05, 0) is 19.1 Å². The molecule has 0 aliphatic heterocycles. The Hall–Kier alpha value is -1.78. The molecular weight excluding hydrogens is 321 g/mol. The van der Waals surface area contributed by atoms with Crippen LogP contribution in [0.4, 0.5) is 0 Å². The molecule has 0 spiro atoms. The van der Waals surface area contributed by atoms with Gasteiger partial charge in [-0.1, -0.05) is 29.3 Å². The van der Waals surface area contributed by atoms with E-state index in [0.29, 0.717) is 22.3 Å². The van der Waals surface area contributed by atoms with Gasteiger partial charge in [0.25, 0.3) is 0 Å². The van der Waals surface area contributed by atoms with Crippen LogP contribution in [0.15, 0.2) is 36.7 Å². The van der Waals surface area contributed by atoms with Gasteiger partial charge in [0, 0.05) is 48.2 Å². The standard InChI is InChI=1S/C16H17Cl2N3O/c1-11-19-15(16(22)7-8-20(2)3)10-21(11)9-12-13(17)5-4-6-14(12)18/h4-8,10H,9H2,1-3H3. The van der Waals surface area contributed by atoms with Gasteiger partial charge in [0.15, 0.2) is 0 Å². The number of benzene rings is 1. The third-order valence-electron chi connectivity index (χ3n) is 3.14. The van der Waals surface area contributed by atoms with Crippen molar-refractivity contribution in [3.8, 4) is 0 Å². The van der Waals surface area contributed by atoms with Crippen LogP contribution in [0.5, 0.6) is 0 Å². The molecule has 2 rings (SSSR count). The molecular formula is C16H17Cl2N3O. The minimum atomic E-state index is -0.138. The fourth-order valence-corrected chi connectivity index (χ4v) is 2.46. The van der Waals surface area contributed by atoms with Crippen LogP contribution in [0.3, 0.4) is 0 Å². The highest BCUT2D eigenvalue weighted by Gasteiger charge is 2.12. The molecule has 0 N–H and O–H groups in total. The maximum absolute atomic E-state index is 12.1. The van der Waals surface area contributed by atoms with Gasteiger partial charge in [-0.2, -0.15) is 0 Å². The minimum absolute atomic E-state index is 0.138. The molecule has 0 fully saturated rings. The number of allylic oxidation sites excluding steroid dienone is 1. The number of carbonyl (C=O) groups is 1. The Bertz CT molecular complexity index is 700. The lowest BCUT2D eigenvalue weighted by Gasteiger charge is -2.08. The van der Waals surface area contributed by atoms with Crippen molar-refractivity contribution >= 4 is 29.0 Å². The Morgan fingerprint density at radius 2 is 1.95 bits per heavy atom. The summed E-state index contributed by atoms with van der Waals surface area (Å²) in [6, 6.07) is 5.39. The van der Waals surface area contributed by atoms with Gasteiger partial charge in [0.05, 0.1) is 6.54 Å². The molecule has 4 nitrogen and oxygen atoms in total. The fourth-order valence-electron chi connectivity index (χ4n) is 1.94. The zero-order valence-corrected chi connectivity index (χ0v) is 14.2. The van der Waals surface area contributed by atoms with Crippen molar-refractivity contribution < 1.29 is 4.79 Å². The van der Waals surface area contributed by atoms with Crippen LogP contribution < -0.4 is 0 Å². The quantitative estimate of drug-likeness (QED) is 0.615. The monoisotopic (exact) mass is 337 g/mol. The Morgan fingerprint density at radius 3 is 2.55 bits per heavy atom. The number of hydrogen-bond acceptors (Lipinski definition) is 3. The Balaban J connectivity index is 2.25. The summed E-state index contributed by atoms with van der Waals surface area (Å²) in [6.07, 6.45) is 4.91. The van der Waals surface area contributed by atoms with E-state index in [0.717, 1.165) is 11.4 Å². The summed E-state index contributed by atoms with van der Waals surface area (Å²) in [4.78, 5) is 18.2. The first-order valence-electron chi connectivity index (χ1n) is 6.74. The molecule has 22 heavy (non-hydrogen) atoms. The third-order valence-corrected chi connectivity index (χ3v) is 3.85. The molecule has 0 bridgehead atoms. The maximum Gasteiger partial charge on any atom is 0.207 e. The van der Waals surface area contributed by atoms with Crippen molar-refractivity contribution in [3.63, 3.8) is 0 Å². The van der Waals surface area contributed by atoms with Gasteiger partial charge in [-0.3, -0.25) is 4.79 Å². The van der Waals surface area contributed by atoms with Crippen molar-refractivity contribution in [2.24, 2.45) is 0 Å².